The maximum absolute atomic E-state index is 10.5. The van der Waals surface area contributed by atoms with Gasteiger partial charge in [0.25, 0.3) is 0 Å². The topological polar surface area (TPSA) is 26.3 Å². The quantitative estimate of drug-likeness (QED) is 0.522. The predicted octanol–water partition coefficient (Wildman–Crippen LogP) is 0.649. The summed E-state index contributed by atoms with van der Waals surface area (Å²) in [4.78, 5) is 10.5. The minimum Gasteiger partial charge on any atom is -0.420 e. The van der Waals surface area contributed by atoms with Crippen LogP contribution in [0, 0.1) is 0 Å². The maximum atomic E-state index is 10.5. The molecule has 0 aromatic heterocycles. The molecule has 0 spiro atoms. The summed E-state index contributed by atoms with van der Waals surface area (Å²) in [5.74, 6) is 0.283. The molecule has 2 nitrogen and oxygen atoms in total. The van der Waals surface area contributed by atoms with E-state index in [0.717, 1.165) is 0 Å². The van der Waals surface area contributed by atoms with E-state index in [4.69, 9.17) is 4.43 Å². The van der Waals surface area contributed by atoms with Crippen LogP contribution < -0.4 is 0 Å². The third kappa shape index (κ3) is 4.02. The van der Waals surface area contributed by atoms with Gasteiger partial charge in [-0.05, 0) is 0 Å². The van der Waals surface area contributed by atoms with Crippen molar-refractivity contribution in [2.75, 3.05) is 7.11 Å². The second kappa shape index (κ2) is 4.99. The van der Waals surface area contributed by atoms with Crippen LogP contribution in [0.1, 0.15) is 13.3 Å². The number of carbonyl (C=O) groups is 1. The first-order valence-electron chi connectivity index (χ1n) is 2.58. The summed E-state index contributed by atoms with van der Waals surface area (Å²) >= 11 is 0. The molecule has 0 amide bonds. The van der Waals surface area contributed by atoms with Crippen LogP contribution >= 0.6 is 0 Å². The second-order valence-corrected chi connectivity index (χ2v) is 2.47. The summed E-state index contributed by atoms with van der Waals surface area (Å²) in [6.07, 6.45) is 0.635. The second-order valence-electron chi connectivity index (χ2n) is 1.42. The lowest BCUT2D eigenvalue weighted by molar-refractivity contribution is -0.116. The largest absolute Gasteiger partial charge is 0.420 e. The van der Waals surface area contributed by atoms with E-state index in [9.17, 15) is 4.79 Å². The SMILES string of the molecule is CCC(=O)C[Si]OC. The highest BCUT2D eigenvalue weighted by Gasteiger charge is 1.96. The molecule has 0 fully saturated rings. The first-order valence-corrected chi connectivity index (χ1v) is 3.70. The van der Waals surface area contributed by atoms with Gasteiger partial charge in [-0.1, -0.05) is 6.92 Å². The molecular formula is C5H10O2Si. The van der Waals surface area contributed by atoms with Gasteiger partial charge in [0.05, 0.1) is 0 Å². The van der Waals surface area contributed by atoms with Gasteiger partial charge in [-0.2, -0.15) is 0 Å². The minimum atomic E-state index is 0.283. The molecule has 0 atom stereocenters. The summed E-state index contributed by atoms with van der Waals surface area (Å²) < 4.78 is 4.72. The number of ketones is 1. The lowest BCUT2D eigenvalue weighted by atomic mass is 10.4. The Morgan fingerprint density at radius 2 is 2.38 bits per heavy atom. The summed E-state index contributed by atoms with van der Waals surface area (Å²) in [5.41, 5.74) is 0. The number of hydrogen-bond donors (Lipinski definition) is 0. The fourth-order valence-corrected chi connectivity index (χ4v) is 0.833. The van der Waals surface area contributed by atoms with Crippen molar-refractivity contribution in [3.63, 3.8) is 0 Å². The van der Waals surface area contributed by atoms with E-state index >= 15 is 0 Å². The highest BCUT2D eigenvalue weighted by Crippen LogP contribution is 1.86. The van der Waals surface area contributed by atoms with Gasteiger partial charge < -0.3 is 4.43 Å². The van der Waals surface area contributed by atoms with E-state index in [-0.39, 0.29) is 5.78 Å². The van der Waals surface area contributed by atoms with Crippen LogP contribution in [0.25, 0.3) is 0 Å². The molecule has 0 bridgehead atoms. The van der Waals surface area contributed by atoms with Crippen molar-refractivity contribution in [3.05, 3.63) is 0 Å². The van der Waals surface area contributed by atoms with Crippen LogP contribution in [0.3, 0.4) is 0 Å². The molecule has 0 saturated carbocycles. The summed E-state index contributed by atoms with van der Waals surface area (Å²) in [6.45, 7) is 1.86. The molecule has 8 heavy (non-hydrogen) atoms. The molecule has 0 aromatic carbocycles. The molecule has 0 aliphatic carbocycles. The molecule has 0 rings (SSSR count). The van der Waals surface area contributed by atoms with E-state index in [1.165, 1.54) is 0 Å². The molecule has 0 aromatic rings. The van der Waals surface area contributed by atoms with Gasteiger partial charge in [0.2, 0.25) is 9.76 Å². The third-order valence-corrected chi connectivity index (χ3v) is 1.64. The van der Waals surface area contributed by atoms with Gasteiger partial charge in [0, 0.05) is 19.6 Å². The Labute approximate surface area is 52.2 Å². The van der Waals surface area contributed by atoms with Crippen molar-refractivity contribution in [2.45, 2.75) is 19.4 Å². The molecule has 0 unspecified atom stereocenters. The van der Waals surface area contributed by atoms with E-state index in [1.54, 1.807) is 7.11 Å². The van der Waals surface area contributed by atoms with Crippen molar-refractivity contribution in [2.24, 2.45) is 0 Å². The molecule has 0 aliphatic heterocycles. The summed E-state index contributed by atoms with van der Waals surface area (Å²) in [7, 11) is 1.96. The molecule has 0 heterocycles. The molecule has 3 heteroatoms. The smallest absolute Gasteiger partial charge is 0.236 e. The Morgan fingerprint density at radius 3 is 2.75 bits per heavy atom. The summed E-state index contributed by atoms with van der Waals surface area (Å²) in [6, 6.07) is 0.590. The Kier molecular flexibility index (Phi) is 4.90. The van der Waals surface area contributed by atoms with Crippen molar-refractivity contribution >= 4 is 15.5 Å². The highest BCUT2D eigenvalue weighted by molar-refractivity contribution is 6.34. The van der Waals surface area contributed by atoms with Gasteiger partial charge in [-0.15, -0.1) is 0 Å². The van der Waals surface area contributed by atoms with Crippen LogP contribution in [0.2, 0.25) is 6.04 Å². The van der Waals surface area contributed by atoms with Crippen molar-refractivity contribution in [1.82, 2.24) is 0 Å². The van der Waals surface area contributed by atoms with E-state index in [0.29, 0.717) is 22.2 Å². The Morgan fingerprint density at radius 1 is 1.75 bits per heavy atom. The molecular weight excluding hydrogens is 120 g/mol. The molecule has 0 saturated heterocycles. The van der Waals surface area contributed by atoms with Gasteiger partial charge in [-0.3, -0.25) is 4.79 Å². The zero-order valence-corrected chi connectivity index (χ0v) is 6.23. The first kappa shape index (κ1) is 7.85. The van der Waals surface area contributed by atoms with Crippen LogP contribution in [0.15, 0.2) is 0 Å². The Balaban J connectivity index is 2.99. The van der Waals surface area contributed by atoms with E-state index < -0.39 is 0 Å². The molecule has 46 valence electrons. The van der Waals surface area contributed by atoms with Crippen molar-refractivity contribution < 1.29 is 9.22 Å². The third-order valence-electron chi connectivity index (χ3n) is 0.808. The van der Waals surface area contributed by atoms with Crippen LogP contribution in [-0.4, -0.2) is 22.7 Å². The van der Waals surface area contributed by atoms with E-state index in [2.05, 4.69) is 0 Å². The lowest BCUT2D eigenvalue weighted by Crippen LogP contribution is -2.01. The van der Waals surface area contributed by atoms with Gasteiger partial charge in [0.1, 0.15) is 5.78 Å². The Hall–Kier alpha value is -0.153. The van der Waals surface area contributed by atoms with Gasteiger partial charge >= 0.3 is 0 Å². The predicted molar refractivity (Wildman–Crippen MR) is 32.9 cm³/mol. The summed E-state index contributed by atoms with van der Waals surface area (Å²) in [5, 5.41) is 0. The zero-order valence-electron chi connectivity index (χ0n) is 5.23. The van der Waals surface area contributed by atoms with Gasteiger partial charge in [0.15, 0.2) is 0 Å². The average molecular weight is 130 g/mol. The fraction of sp³-hybridized carbons (Fsp3) is 0.800. The van der Waals surface area contributed by atoms with Gasteiger partial charge in [-0.25, -0.2) is 0 Å². The van der Waals surface area contributed by atoms with Crippen LogP contribution in [0.5, 0.6) is 0 Å². The number of rotatable bonds is 4. The zero-order chi connectivity index (χ0) is 6.41. The molecule has 0 aliphatic rings. The van der Waals surface area contributed by atoms with E-state index in [1.807, 2.05) is 6.92 Å². The monoisotopic (exact) mass is 130 g/mol. The minimum absolute atomic E-state index is 0.283. The fourth-order valence-electron chi connectivity index (χ4n) is 0.278. The molecule has 2 radical (unpaired) electrons. The standard InChI is InChI=1S/C5H10O2Si/c1-3-5(6)4-8-7-2/h3-4H2,1-2H3. The number of carbonyl (C=O) groups excluding carboxylic acids is 1. The lowest BCUT2D eigenvalue weighted by Gasteiger charge is -1.90. The maximum Gasteiger partial charge on any atom is 0.236 e. The molecule has 0 N–H and O–H groups in total. The van der Waals surface area contributed by atoms with Crippen molar-refractivity contribution in [3.8, 4) is 0 Å². The highest BCUT2D eigenvalue weighted by atomic mass is 28.2. The van der Waals surface area contributed by atoms with Crippen LogP contribution in [-0.2, 0) is 9.22 Å². The number of Topliss-reactive ketones (excluding diaryl/α,β-unsaturated/α-hetero) is 1. The Bertz CT molecular complexity index is 72.8. The average Bonchev–Trinajstić information content (AvgIpc) is 1.83. The van der Waals surface area contributed by atoms with Crippen LogP contribution in [0.4, 0.5) is 0 Å². The van der Waals surface area contributed by atoms with Crippen molar-refractivity contribution in [1.29, 1.82) is 0 Å². The first-order chi connectivity index (χ1) is 3.81. The number of hydrogen-bond acceptors (Lipinski definition) is 2. The normalized spacial score (nSPS) is 9.25.